The van der Waals surface area contributed by atoms with Gasteiger partial charge in [0, 0.05) is 64.0 Å². The van der Waals surface area contributed by atoms with Crippen LogP contribution in [0.15, 0.2) is 30.3 Å². The molecule has 1 atom stereocenters. The predicted molar refractivity (Wildman–Crippen MR) is 229 cm³/mol. The molecule has 62 heavy (non-hydrogen) atoms. The van der Waals surface area contributed by atoms with E-state index < -0.39 is 35.5 Å². The van der Waals surface area contributed by atoms with E-state index in [0.717, 1.165) is 69.1 Å². The Hall–Kier alpha value is -4.48. The van der Waals surface area contributed by atoms with E-state index in [-0.39, 0.29) is 48.1 Å². The number of nitrogen functional groups attached to an aromatic ring is 1. The fourth-order valence-electron chi connectivity index (χ4n) is 9.21. The number of hydrogen-bond acceptors (Lipinski definition) is 10. The zero-order chi connectivity index (χ0) is 44.6. The molecular formula is C44H61ClF3N7O7. The summed E-state index contributed by atoms with van der Waals surface area (Å²) in [7, 11) is 5.56. The summed E-state index contributed by atoms with van der Waals surface area (Å²) in [4.78, 5) is 62.8. The third kappa shape index (κ3) is 12.4. The van der Waals surface area contributed by atoms with Gasteiger partial charge in [0.25, 0.3) is 5.91 Å². The molecule has 3 N–H and O–H groups in total. The number of esters is 1. The highest BCUT2D eigenvalue weighted by Gasteiger charge is 2.39. The summed E-state index contributed by atoms with van der Waals surface area (Å²) in [6, 6.07) is 7.28. The highest BCUT2D eigenvalue weighted by molar-refractivity contribution is 6.33. The molecular weight excluding hydrogens is 831 g/mol. The summed E-state index contributed by atoms with van der Waals surface area (Å²) in [5.41, 5.74) is 5.71. The molecule has 0 unspecified atom stereocenters. The first-order chi connectivity index (χ1) is 29.6. The number of benzene rings is 2. The van der Waals surface area contributed by atoms with Crippen molar-refractivity contribution in [1.29, 1.82) is 0 Å². The summed E-state index contributed by atoms with van der Waals surface area (Å²) >= 11 is 6.17. The number of rotatable bonds is 14. The number of nitrogens with zero attached hydrogens (tertiary/aromatic N) is 5. The molecule has 0 bridgehead atoms. The van der Waals surface area contributed by atoms with E-state index >= 15 is 0 Å². The number of anilines is 2. The first kappa shape index (κ1) is 47.0. The first-order valence-electron chi connectivity index (χ1n) is 21.8. The van der Waals surface area contributed by atoms with E-state index in [9.17, 15) is 32.3 Å². The van der Waals surface area contributed by atoms with E-state index in [0.29, 0.717) is 76.1 Å². The molecule has 4 amide bonds. The Balaban J connectivity index is 1.03. The van der Waals surface area contributed by atoms with Gasteiger partial charge in [0.2, 0.25) is 0 Å². The van der Waals surface area contributed by atoms with E-state index in [2.05, 4.69) is 15.1 Å². The number of nitrogens with two attached hydrogens (primary N) is 1. The summed E-state index contributed by atoms with van der Waals surface area (Å²) in [5.74, 6) is 0.902. The summed E-state index contributed by atoms with van der Waals surface area (Å²) in [6.45, 7) is 5.55. The molecule has 3 fully saturated rings. The van der Waals surface area contributed by atoms with Crippen molar-refractivity contribution in [3.63, 3.8) is 0 Å². The molecule has 0 radical (unpaired) electrons. The van der Waals surface area contributed by atoms with Crippen LogP contribution in [-0.2, 0) is 38.1 Å². The van der Waals surface area contributed by atoms with Crippen LogP contribution in [0, 0.1) is 11.8 Å². The maximum atomic E-state index is 14.2. The number of methoxy groups -OCH3 is 1. The third-order valence-electron chi connectivity index (χ3n) is 12.8. The molecule has 0 saturated carbocycles. The van der Waals surface area contributed by atoms with Gasteiger partial charge in [-0.05, 0) is 132 Å². The summed E-state index contributed by atoms with van der Waals surface area (Å²) in [5, 5.41) is 2.68. The first-order valence-corrected chi connectivity index (χ1v) is 22.1. The fraction of sp³-hybridized carbons (Fsp3) is 0.636. The number of likely N-dealkylation sites (tertiary alicyclic amines) is 3. The van der Waals surface area contributed by atoms with Crippen molar-refractivity contribution in [2.24, 2.45) is 11.8 Å². The van der Waals surface area contributed by atoms with Gasteiger partial charge in [-0.3, -0.25) is 9.59 Å². The maximum Gasteiger partial charge on any atom is 0.418 e. The number of hydrogen-bond donors (Lipinski definition) is 2. The van der Waals surface area contributed by atoms with E-state index in [1.165, 1.54) is 11.0 Å². The van der Waals surface area contributed by atoms with Crippen LogP contribution in [0.1, 0.15) is 68.1 Å². The lowest BCUT2D eigenvalue weighted by molar-refractivity contribution is -0.144. The van der Waals surface area contributed by atoms with Crippen molar-refractivity contribution < 1.29 is 46.6 Å². The van der Waals surface area contributed by atoms with Crippen molar-refractivity contribution in [3.05, 3.63) is 52.0 Å². The Morgan fingerprint density at radius 1 is 0.935 bits per heavy atom. The van der Waals surface area contributed by atoms with Crippen LogP contribution in [0.4, 0.5) is 34.1 Å². The van der Waals surface area contributed by atoms with Gasteiger partial charge in [-0.15, -0.1) is 0 Å². The average molecular weight is 892 g/mol. The molecule has 0 aliphatic carbocycles. The molecule has 4 aliphatic rings. The number of amides is 4. The lowest BCUT2D eigenvalue weighted by Crippen LogP contribution is -2.52. The summed E-state index contributed by atoms with van der Waals surface area (Å²) in [6.07, 6.45) is -1.09. The van der Waals surface area contributed by atoms with Gasteiger partial charge in [-0.25, -0.2) is 9.59 Å². The van der Waals surface area contributed by atoms with Crippen LogP contribution in [0.5, 0.6) is 5.75 Å². The van der Waals surface area contributed by atoms with Crippen LogP contribution in [0.2, 0.25) is 5.02 Å². The van der Waals surface area contributed by atoms with Crippen LogP contribution in [0.25, 0.3) is 0 Å². The van der Waals surface area contributed by atoms with Crippen LogP contribution in [-0.4, -0.2) is 147 Å². The minimum absolute atomic E-state index is 0.0615. The monoisotopic (exact) mass is 891 g/mol. The van der Waals surface area contributed by atoms with E-state index in [4.69, 9.17) is 31.5 Å². The van der Waals surface area contributed by atoms with Crippen molar-refractivity contribution in [2.75, 3.05) is 97.8 Å². The number of ether oxygens (including phenoxy) is 3. The minimum Gasteiger partial charge on any atom is -0.497 e. The molecule has 3 saturated heterocycles. The zero-order valence-corrected chi connectivity index (χ0v) is 36.8. The second-order valence-corrected chi connectivity index (χ2v) is 17.6. The molecule has 342 valence electrons. The van der Waals surface area contributed by atoms with Crippen molar-refractivity contribution in [2.45, 2.75) is 82.5 Å². The van der Waals surface area contributed by atoms with Crippen molar-refractivity contribution in [1.82, 2.24) is 24.5 Å². The standard InChI is InChI=1S/C44H61ClF3N7O7/c1-51(2)15-4-24-61-39(56)14-18-52-16-7-30(8-17-52)31-9-19-53(20-10-31)41(57)38(27-29-25-35(44(46,47)48)40(49)36(45)26-29)62-43(59)54-21-12-33(13-22-54)55-23-11-32-28-34(60-3)5-6-37(32)50-42(55)58/h5-6,25-26,28,30-31,33,38H,4,7-24,27,49H2,1-3H3,(H,50,58)/t38-/m1/s1. The lowest BCUT2D eigenvalue weighted by atomic mass is 9.78. The predicted octanol–water partition coefficient (Wildman–Crippen LogP) is 6.39. The second-order valence-electron chi connectivity index (χ2n) is 17.2. The largest absolute Gasteiger partial charge is 0.497 e. The Kier molecular flexibility index (Phi) is 16.1. The molecule has 6 rings (SSSR count). The van der Waals surface area contributed by atoms with Crippen LogP contribution < -0.4 is 15.8 Å². The van der Waals surface area contributed by atoms with E-state index in [1.807, 2.05) is 26.2 Å². The number of alkyl halides is 3. The quantitative estimate of drug-likeness (QED) is 0.124. The van der Waals surface area contributed by atoms with Gasteiger partial charge in [-0.2, -0.15) is 13.2 Å². The summed E-state index contributed by atoms with van der Waals surface area (Å²) < 4.78 is 58.5. The SMILES string of the molecule is COc1ccc2c(c1)CCN(C1CCN(C(=O)O[C@H](Cc3cc(Cl)c(N)c(C(F)(F)F)c3)C(=O)N3CCC(C4CCN(CCC(=O)OCCCN(C)C)CC4)CC3)CC1)C(=O)N2. The number of urea groups is 1. The fourth-order valence-corrected chi connectivity index (χ4v) is 9.45. The number of carbonyl (C=O) groups is 4. The van der Waals surface area contributed by atoms with Gasteiger partial charge in [0.1, 0.15) is 5.75 Å². The van der Waals surface area contributed by atoms with E-state index in [1.54, 1.807) is 23.0 Å². The lowest BCUT2D eigenvalue weighted by Gasteiger charge is -2.41. The topological polar surface area (TPSA) is 150 Å². The van der Waals surface area contributed by atoms with Crippen molar-refractivity contribution in [3.8, 4) is 5.75 Å². The van der Waals surface area contributed by atoms with Gasteiger partial charge >= 0.3 is 24.3 Å². The Bertz CT molecular complexity index is 1880. The van der Waals surface area contributed by atoms with Gasteiger partial charge in [0.15, 0.2) is 6.10 Å². The normalized spacial score (nSPS) is 19.2. The Morgan fingerprint density at radius 3 is 2.24 bits per heavy atom. The average Bonchev–Trinajstić information content (AvgIpc) is 3.42. The second kappa shape index (κ2) is 21.3. The van der Waals surface area contributed by atoms with Gasteiger partial charge in [-0.1, -0.05) is 11.6 Å². The molecule has 18 heteroatoms. The van der Waals surface area contributed by atoms with Crippen LogP contribution >= 0.6 is 11.6 Å². The molecule has 0 spiro atoms. The molecule has 2 aromatic rings. The molecule has 4 aliphatic heterocycles. The zero-order valence-electron chi connectivity index (χ0n) is 36.0. The Morgan fingerprint density at radius 2 is 1.60 bits per heavy atom. The molecule has 4 heterocycles. The number of halogens is 4. The third-order valence-corrected chi connectivity index (χ3v) is 13.1. The number of fused-ring (bicyclic) bond motifs is 1. The molecule has 0 aromatic heterocycles. The number of nitrogens with one attached hydrogen (secondary N) is 1. The highest BCUT2D eigenvalue weighted by atomic mass is 35.5. The molecule has 2 aromatic carbocycles. The Labute approximate surface area is 367 Å². The molecule has 14 nitrogen and oxygen atoms in total. The van der Waals surface area contributed by atoms with Gasteiger partial charge in [0.05, 0.1) is 36.4 Å². The smallest absolute Gasteiger partial charge is 0.418 e. The van der Waals surface area contributed by atoms with Crippen molar-refractivity contribution >= 4 is 47.0 Å². The number of carbonyl (C=O) groups excluding carboxylic acids is 4. The highest BCUT2D eigenvalue weighted by Crippen LogP contribution is 2.39. The minimum atomic E-state index is -4.79. The maximum absolute atomic E-state index is 14.2. The van der Waals surface area contributed by atoms with Gasteiger partial charge < -0.3 is 49.8 Å². The van der Waals surface area contributed by atoms with Crippen LogP contribution in [0.3, 0.4) is 0 Å². The number of piperidine rings is 3.